The van der Waals surface area contributed by atoms with Crippen LogP contribution in [0, 0.1) is 11.7 Å². The van der Waals surface area contributed by atoms with Crippen molar-refractivity contribution in [1.29, 1.82) is 0 Å². The molecule has 1 saturated heterocycles. The van der Waals surface area contributed by atoms with Gasteiger partial charge in [0.1, 0.15) is 6.10 Å². The van der Waals surface area contributed by atoms with Crippen LogP contribution < -0.4 is 4.74 Å². The highest BCUT2D eigenvalue weighted by Gasteiger charge is 2.28. The van der Waals surface area contributed by atoms with Crippen molar-refractivity contribution in [3.63, 3.8) is 0 Å². The third-order valence-electron chi connectivity index (χ3n) is 4.61. The number of carbonyl (C=O) groups excluding carboxylic acids is 1. The highest BCUT2D eigenvalue weighted by molar-refractivity contribution is 5.69. The lowest BCUT2D eigenvalue weighted by atomic mass is 9.90. The van der Waals surface area contributed by atoms with Crippen LogP contribution in [0.1, 0.15) is 44.6 Å². The van der Waals surface area contributed by atoms with Gasteiger partial charge in [0, 0.05) is 6.54 Å². The zero-order valence-electron chi connectivity index (χ0n) is 13.6. The predicted molar refractivity (Wildman–Crippen MR) is 84.8 cm³/mol. The first-order valence-corrected chi connectivity index (χ1v) is 8.48. The van der Waals surface area contributed by atoms with Crippen LogP contribution in [0.3, 0.4) is 0 Å². The first kappa shape index (κ1) is 16.1. The Bertz CT molecular complexity index is 557. The lowest BCUT2D eigenvalue weighted by molar-refractivity contribution is 0.137. The summed E-state index contributed by atoms with van der Waals surface area (Å²) < 4.78 is 24.9. The number of nitrogens with zero attached hydrogens (tertiary/aromatic N) is 1. The fourth-order valence-electron chi connectivity index (χ4n) is 3.34. The van der Waals surface area contributed by atoms with Gasteiger partial charge in [-0.05, 0) is 43.4 Å². The molecule has 1 aromatic carbocycles. The minimum Gasteiger partial charge on any atom is -0.490 e. The zero-order valence-corrected chi connectivity index (χ0v) is 13.6. The fourth-order valence-corrected chi connectivity index (χ4v) is 3.34. The lowest BCUT2D eigenvalue weighted by Gasteiger charge is -2.22. The molecule has 0 N–H and O–H groups in total. The molecule has 1 aliphatic carbocycles. The molecule has 1 heterocycles. The Kier molecular flexibility index (Phi) is 5.03. The number of hydrogen-bond acceptors (Lipinski definition) is 3. The van der Waals surface area contributed by atoms with E-state index in [1.807, 2.05) is 13.0 Å². The Balaban J connectivity index is 1.56. The first-order chi connectivity index (χ1) is 11.1. The van der Waals surface area contributed by atoms with Gasteiger partial charge < -0.3 is 14.4 Å². The molecule has 5 heteroatoms. The van der Waals surface area contributed by atoms with Crippen molar-refractivity contribution in [3.05, 3.63) is 29.6 Å². The number of carbonyl (C=O) groups is 1. The Hall–Kier alpha value is -1.78. The number of hydrogen-bond donors (Lipinski definition) is 0. The molecule has 1 atom stereocenters. The maximum absolute atomic E-state index is 14.2. The average molecular weight is 321 g/mol. The number of ether oxygens (including phenoxy) is 2. The number of cyclic esters (lactones) is 1. The molecule has 126 valence electrons. The van der Waals surface area contributed by atoms with Gasteiger partial charge in [0.25, 0.3) is 0 Å². The van der Waals surface area contributed by atoms with Gasteiger partial charge in [0.05, 0.1) is 13.2 Å². The van der Waals surface area contributed by atoms with Crippen LogP contribution in [0.4, 0.5) is 9.18 Å². The van der Waals surface area contributed by atoms with E-state index < -0.39 is 0 Å². The Morgan fingerprint density at radius 1 is 1.30 bits per heavy atom. The van der Waals surface area contributed by atoms with Crippen molar-refractivity contribution in [2.75, 3.05) is 13.2 Å². The second-order valence-electron chi connectivity index (χ2n) is 6.65. The van der Waals surface area contributed by atoms with Crippen LogP contribution in [0.2, 0.25) is 0 Å². The summed E-state index contributed by atoms with van der Waals surface area (Å²) in [6, 6.07) is 4.93. The molecule has 1 saturated carbocycles. The third-order valence-corrected chi connectivity index (χ3v) is 4.61. The molecule has 0 radical (unpaired) electrons. The van der Waals surface area contributed by atoms with Gasteiger partial charge in [0.15, 0.2) is 11.6 Å². The van der Waals surface area contributed by atoms with E-state index in [9.17, 15) is 9.18 Å². The van der Waals surface area contributed by atoms with Gasteiger partial charge in [-0.2, -0.15) is 0 Å². The van der Waals surface area contributed by atoms with Gasteiger partial charge in [-0.1, -0.05) is 25.3 Å². The molecule has 2 fully saturated rings. The van der Waals surface area contributed by atoms with E-state index in [0.717, 1.165) is 5.56 Å². The summed E-state index contributed by atoms with van der Waals surface area (Å²) in [5.74, 6) is 0.485. The SMILES string of the molecule is C[C@@H]1CN(Cc2ccc(OCC3CCCCC3)c(F)c2)C(=O)O1. The topological polar surface area (TPSA) is 38.8 Å². The normalized spacial score (nSPS) is 22.3. The van der Waals surface area contributed by atoms with Crippen LogP contribution in [0.25, 0.3) is 0 Å². The molecular weight excluding hydrogens is 297 g/mol. The van der Waals surface area contributed by atoms with Crippen LogP contribution in [-0.2, 0) is 11.3 Å². The molecule has 0 unspecified atom stereocenters. The Morgan fingerprint density at radius 2 is 2.09 bits per heavy atom. The average Bonchev–Trinajstić information content (AvgIpc) is 2.85. The minimum absolute atomic E-state index is 0.106. The van der Waals surface area contributed by atoms with Crippen LogP contribution in [-0.4, -0.2) is 30.2 Å². The molecule has 3 rings (SSSR count). The third kappa shape index (κ3) is 4.15. The smallest absolute Gasteiger partial charge is 0.410 e. The molecule has 2 aliphatic rings. The summed E-state index contributed by atoms with van der Waals surface area (Å²) in [7, 11) is 0. The highest BCUT2D eigenvalue weighted by Crippen LogP contribution is 2.26. The fraction of sp³-hybridized carbons (Fsp3) is 0.611. The summed E-state index contributed by atoms with van der Waals surface area (Å²) in [6.45, 7) is 3.34. The van der Waals surface area contributed by atoms with Crippen LogP contribution in [0.15, 0.2) is 18.2 Å². The molecule has 0 spiro atoms. The number of halogens is 1. The second-order valence-corrected chi connectivity index (χ2v) is 6.65. The summed E-state index contributed by atoms with van der Waals surface area (Å²) in [5, 5.41) is 0. The molecule has 0 aromatic heterocycles. The van der Waals surface area contributed by atoms with Crippen molar-refractivity contribution < 1.29 is 18.7 Å². The van der Waals surface area contributed by atoms with Crippen LogP contribution >= 0.6 is 0 Å². The number of benzene rings is 1. The lowest BCUT2D eigenvalue weighted by Crippen LogP contribution is -2.24. The summed E-state index contributed by atoms with van der Waals surface area (Å²) in [4.78, 5) is 13.2. The molecule has 1 aliphatic heterocycles. The molecular formula is C18H24FNO3. The number of rotatable bonds is 5. The van der Waals surface area contributed by atoms with E-state index in [4.69, 9.17) is 9.47 Å². The minimum atomic E-state index is -0.362. The zero-order chi connectivity index (χ0) is 16.2. The van der Waals surface area contributed by atoms with Crippen molar-refractivity contribution in [2.24, 2.45) is 5.92 Å². The summed E-state index contributed by atoms with van der Waals surface area (Å²) in [6.07, 6.45) is 5.71. The van der Waals surface area contributed by atoms with E-state index in [0.29, 0.717) is 31.4 Å². The standard InChI is InChI=1S/C18H24FNO3/c1-13-10-20(18(21)23-13)11-15-7-8-17(16(19)9-15)22-12-14-5-3-2-4-6-14/h7-9,13-14H,2-6,10-12H2,1H3/t13-/m1/s1. The van der Waals surface area contributed by atoms with Gasteiger partial charge >= 0.3 is 6.09 Å². The van der Waals surface area contributed by atoms with Crippen molar-refractivity contribution in [1.82, 2.24) is 4.90 Å². The van der Waals surface area contributed by atoms with Crippen molar-refractivity contribution >= 4 is 6.09 Å². The molecule has 4 nitrogen and oxygen atoms in total. The van der Waals surface area contributed by atoms with Gasteiger partial charge in [-0.3, -0.25) is 0 Å². The Morgan fingerprint density at radius 3 is 2.74 bits per heavy atom. The largest absolute Gasteiger partial charge is 0.490 e. The van der Waals surface area contributed by atoms with Crippen molar-refractivity contribution in [3.8, 4) is 5.75 Å². The van der Waals surface area contributed by atoms with Gasteiger partial charge in [0.2, 0.25) is 0 Å². The second kappa shape index (κ2) is 7.20. The summed E-state index contributed by atoms with van der Waals surface area (Å²) >= 11 is 0. The first-order valence-electron chi connectivity index (χ1n) is 8.48. The highest BCUT2D eigenvalue weighted by atomic mass is 19.1. The van der Waals surface area contributed by atoms with E-state index >= 15 is 0 Å². The summed E-state index contributed by atoms with van der Waals surface area (Å²) in [5.41, 5.74) is 0.749. The Labute approximate surface area is 136 Å². The predicted octanol–water partition coefficient (Wildman–Crippen LogP) is 4.13. The van der Waals surface area contributed by atoms with Crippen LogP contribution in [0.5, 0.6) is 5.75 Å². The number of amides is 1. The van der Waals surface area contributed by atoms with Gasteiger partial charge in [-0.25, -0.2) is 9.18 Å². The van der Waals surface area contributed by atoms with E-state index in [-0.39, 0.29) is 18.0 Å². The molecule has 0 bridgehead atoms. The maximum atomic E-state index is 14.2. The molecule has 23 heavy (non-hydrogen) atoms. The van der Waals surface area contributed by atoms with Gasteiger partial charge in [-0.15, -0.1) is 0 Å². The van der Waals surface area contributed by atoms with E-state index in [1.165, 1.54) is 38.2 Å². The molecule has 1 amide bonds. The van der Waals surface area contributed by atoms with E-state index in [2.05, 4.69) is 0 Å². The monoisotopic (exact) mass is 321 g/mol. The maximum Gasteiger partial charge on any atom is 0.410 e. The molecule has 1 aromatic rings. The van der Waals surface area contributed by atoms with Crippen molar-refractivity contribution in [2.45, 2.75) is 51.7 Å². The quantitative estimate of drug-likeness (QED) is 0.818. The van der Waals surface area contributed by atoms with E-state index in [1.54, 1.807) is 11.0 Å².